The van der Waals surface area contributed by atoms with Crippen molar-refractivity contribution in [2.24, 2.45) is 0 Å². The van der Waals surface area contributed by atoms with Gasteiger partial charge in [0.25, 0.3) is 5.91 Å². The molecule has 2 aromatic carbocycles. The zero-order valence-corrected chi connectivity index (χ0v) is 21.3. The number of benzene rings is 2. The second-order valence-corrected chi connectivity index (χ2v) is 9.76. The Morgan fingerprint density at radius 3 is 2.38 bits per heavy atom. The molecule has 0 bridgehead atoms. The third kappa shape index (κ3) is 7.59. The van der Waals surface area contributed by atoms with Gasteiger partial charge in [0.05, 0.1) is 24.9 Å². The van der Waals surface area contributed by atoms with E-state index >= 15 is 0 Å². The summed E-state index contributed by atoms with van der Waals surface area (Å²) in [4.78, 5) is 25.4. The lowest BCUT2D eigenvalue weighted by atomic mass is 9.99. The fourth-order valence-corrected chi connectivity index (χ4v) is 4.73. The summed E-state index contributed by atoms with van der Waals surface area (Å²) in [6, 6.07) is 15.4. The van der Waals surface area contributed by atoms with Crippen LogP contribution >= 0.6 is 0 Å². The molecule has 0 aliphatic carbocycles. The first-order valence-corrected chi connectivity index (χ1v) is 12.8. The molecule has 3 N–H and O–H groups in total. The molecular weight excluding hydrogens is 476 g/mol. The third-order valence-corrected chi connectivity index (χ3v) is 6.75. The number of carbonyl (C=O) groups is 2. The molecule has 9 nitrogen and oxygen atoms in total. The summed E-state index contributed by atoms with van der Waals surface area (Å²) in [5.41, 5.74) is 3.63. The molecule has 5 atom stereocenters. The number of carbonyl (C=O) groups excluding carboxylic acids is 2. The highest BCUT2D eigenvalue weighted by Gasteiger charge is 2.34. The second kappa shape index (κ2) is 12.6. The number of hydrogen-bond acceptors (Lipinski definition) is 8. The summed E-state index contributed by atoms with van der Waals surface area (Å²) in [5.74, 6) is -0.857. The standard InChI is InChI=1S/C28H36N2O7/c1-18(35-19(2)32)27(34)29-14-20-3-9-23(10-4-20)28-36-25(16-30-12-11-24(33)15-30)13-26(37-28)22-7-5-21(17-31)6-8-22/h3-10,18,24-26,28,31,33H,11-17H2,1-2H3,(H,29,34)/t18-,24+,25-,26+,28?/m0/s1. The Bertz CT molecular complexity index is 1040. The number of hydrogen-bond donors (Lipinski definition) is 3. The molecule has 4 rings (SSSR count). The molecule has 9 heteroatoms. The minimum atomic E-state index is -0.849. The molecule has 0 aromatic heterocycles. The predicted octanol–water partition coefficient (Wildman–Crippen LogP) is 2.36. The normalized spacial score (nSPS) is 25.0. The maximum absolute atomic E-state index is 12.1. The molecule has 0 spiro atoms. The Balaban J connectivity index is 1.43. The van der Waals surface area contributed by atoms with E-state index in [0.717, 1.165) is 35.2 Å². The Morgan fingerprint density at radius 1 is 1.08 bits per heavy atom. The molecule has 2 heterocycles. The van der Waals surface area contributed by atoms with Gasteiger partial charge < -0.3 is 29.7 Å². The lowest BCUT2D eigenvalue weighted by Gasteiger charge is -2.37. The lowest BCUT2D eigenvalue weighted by Crippen LogP contribution is -2.38. The van der Waals surface area contributed by atoms with E-state index < -0.39 is 18.4 Å². The predicted molar refractivity (Wildman–Crippen MR) is 135 cm³/mol. The second-order valence-electron chi connectivity index (χ2n) is 9.76. The highest BCUT2D eigenvalue weighted by atomic mass is 16.7. The number of ether oxygens (including phenoxy) is 3. The van der Waals surface area contributed by atoms with Gasteiger partial charge in [-0.2, -0.15) is 0 Å². The topological polar surface area (TPSA) is 118 Å². The first kappa shape index (κ1) is 27.2. The van der Waals surface area contributed by atoms with Gasteiger partial charge in [-0.3, -0.25) is 14.5 Å². The number of esters is 1. The number of likely N-dealkylation sites (tertiary alicyclic amines) is 1. The van der Waals surface area contributed by atoms with E-state index in [9.17, 15) is 19.8 Å². The van der Waals surface area contributed by atoms with Gasteiger partial charge in [0.15, 0.2) is 12.4 Å². The number of β-amino-alcohol motifs (C(OH)–C–C–N with tert-alkyl or cyclic N) is 1. The maximum Gasteiger partial charge on any atom is 0.303 e. The van der Waals surface area contributed by atoms with Crippen molar-refractivity contribution in [3.63, 3.8) is 0 Å². The molecule has 2 aliphatic rings. The number of aliphatic hydroxyl groups excluding tert-OH is 2. The molecule has 200 valence electrons. The molecule has 2 aliphatic heterocycles. The van der Waals surface area contributed by atoms with Crippen molar-refractivity contribution in [2.45, 2.75) is 70.5 Å². The summed E-state index contributed by atoms with van der Waals surface area (Å²) in [5, 5.41) is 22.1. The van der Waals surface area contributed by atoms with Gasteiger partial charge in [-0.25, -0.2) is 0 Å². The fourth-order valence-electron chi connectivity index (χ4n) is 4.73. The van der Waals surface area contributed by atoms with E-state index in [2.05, 4.69) is 10.2 Å². The highest BCUT2D eigenvalue weighted by Crippen LogP contribution is 2.38. The quantitative estimate of drug-likeness (QED) is 0.439. The zero-order chi connectivity index (χ0) is 26.4. The lowest BCUT2D eigenvalue weighted by molar-refractivity contribution is -0.252. The number of aliphatic hydroxyl groups is 2. The van der Waals surface area contributed by atoms with E-state index in [1.807, 2.05) is 48.5 Å². The largest absolute Gasteiger partial charge is 0.453 e. The Labute approximate surface area is 217 Å². The van der Waals surface area contributed by atoms with Crippen molar-refractivity contribution >= 4 is 11.9 Å². The molecule has 1 unspecified atom stereocenters. The summed E-state index contributed by atoms with van der Waals surface area (Å²) in [6.45, 7) is 5.31. The minimum Gasteiger partial charge on any atom is -0.453 e. The van der Waals surface area contributed by atoms with Gasteiger partial charge >= 0.3 is 5.97 Å². The van der Waals surface area contributed by atoms with Gasteiger partial charge in [0, 0.05) is 45.1 Å². The number of amides is 1. The van der Waals surface area contributed by atoms with Crippen LogP contribution in [-0.4, -0.2) is 64.9 Å². The van der Waals surface area contributed by atoms with E-state index in [-0.39, 0.29) is 30.8 Å². The molecule has 1 amide bonds. The zero-order valence-electron chi connectivity index (χ0n) is 21.3. The van der Waals surface area contributed by atoms with Crippen molar-refractivity contribution in [1.29, 1.82) is 0 Å². The van der Waals surface area contributed by atoms with Gasteiger partial charge in [0.2, 0.25) is 0 Å². The highest BCUT2D eigenvalue weighted by molar-refractivity contribution is 5.82. The molecule has 0 radical (unpaired) electrons. The minimum absolute atomic E-state index is 0.00702. The summed E-state index contributed by atoms with van der Waals surface area (Å²) < 4.78 is 17.7. The van der Waals surface area contributed by atoms with E-state index in [1.165, 1.54) is 13.8 Å². The summed E-state index contributed by atoms with van der Waals surface area (Å²) in [6.07, 6.45) is -0.497. The van der Waals surface area contributed by atoms with Crippen molar-refractivity contribution < 1.29 is 34.0 Å². The van der Waals surface area contributed by atoms with Gasteiger partial charge in [0.1, 0.15) is 0 Å². The Kier molecular flexibility index (Phi) is 9.28. The van der Waals surface area contributed by atoms with Crippen molar-refractivity contribution in [3.05, 3.63) is 70.8 Å². The van der Waals surface area contributed by atoms with Crippen LogP contribution in [0.4, 0.5) is 0 Å². The Hall–Kier alpha value is -2.82. The van der Waals surface area contributed by atoms with Crippen LogP contribution < -0.4 is 5.32 Å². The number of nitrogens with one attached hydrogen (secondary N) is 1. The molecule has 2 aromatic rings. The monoisotopic (exact) mass is 512 g/mol. The van der Waals surface area contributed by atoms with Crippen LogP contribution in [0.3, 0.4) is 0 Å². The fraction of sp³-hybridized carbons (Fsp3) is 0.500. The SMILES string of the molecule is CC(=O)O[C@@H](C)C(=O)NCc1ccc(C2O[C@H](CN3CC[C@@H](O)C3)C[C@H](c3ccc(CO)cc3)O2)cc1. The average Bonchev–Trinajstić information content (AvgIpc) is 3.31. The van der Waals surface area contributed by atoms with Crippen LogP contribution in [0.5, 0.6) is 0 Å². The Morgan fingerprint density at radius 2 is 1.76 bits per heavy atom. The van der Waals surface area contributed by atoms with E-state index in [4.69, 9.17) is 14.2 Å². The summed E-state index contributed by atoms with van der Waals surface area (Å²) >= 11 is 0. The molecule has 2 fully saturated rings. The van der Waals surface area contributed by atoms with Crippen LogP contribution in [0.2, 0.25) is 0 Å². The number of rotatable bonds is 9. The third-order valence-electron chi connectivity index (χ3n) is 6.75. The first-order chi connectivity index (χ1) is 17.8. The first-order valence-electron chi connectivity index (χ1n) is 12.8. The van der Waals surface area contributed by atoms with Crippen LogP contribution in [0, 0.1) is 0 Å². The van der Waals surface area contributed by atoms with Crippen molar-refractivity contribution in [1.82, 2.24) is 10.2 Å². The van der Waals surface area contributed by atoms with Gasteiger partial charge in [-0.1, -0.05) is 48.5 Å². The van der Waals surface area contributed by atoms with Crippen LogP contribution in [0.1, 0.15) is 61.3 Å². The average molecular weight is 513 g/mol. The molecular formula is C28H36N2O7. The van der Waals surface area contributed by atoms with Crippen molar-refractivity contribution in [2.75, 3.05) is 19.6 Å². The van der Waals surface area contributed by atoms with Crippen molar-refractivity contribution in [3.8, 4) is 0 Å². The van der Waals surface area contributed by atoms with Crippen LogP contribution in [0.15, 0.2) is 48.5 Å². The van der Waals surface area contributed by atoms with Crippen LogP contribution in [0.25, 0.3) is 0 Å². The summed E-state index contributed by atoms with van der Waals surface area (Å²) in [7, 11) is 0. The van der Waals surface area contributed by atoms with Gasteiger partial charge in [-0.05, 0) is 30.0 Å². The maximum atomic E-state index is 12.1. The van der Waals surface area contributed by atoms with E-state index in [1.54, 1.807) is 0 Å². The van der Waals surface area contributed by atoms with Crippen LogP contribution in [-0.2, 0) is 37.0 Å². The number of nitrogens with zero attached hydrogens (tertiary/aromatic N) is 1. The smallest absolute Gasteiger partial charge is 0.303 e. The van der Waals surface area contributed by atoms with E-state index in [0.29, 0.717) is 26.1 Å². The van der Waals surface area contributed by atoms with Gasteiger partial charge in [-0.15, -0.1) is 0 Å². The molecule has 0 saturated carbocycles. The molecule has 2 saturated heterocycles. The molecule has 37 heavy (non-hydrogen) atoms.